The van der Waals surface area contributed by atoms with E-state index in [1.807, 2.05) is 0 Å². The first kappa shape index (κ1) is 12.4. The Bertz CT molecular complexity index is 330. The van der Waals surface area contributed by atoms with Crippen LogP contribution in [0, 0.1) is 0 Å². The number of carbonyl (C=O) groups is 1. The Kier molecular flexibility index (Phi) is 4.51. The third-order valence-electron chi connectivity index (χ3n) is 2.77. The lowest BCUT2D eigenvalue weighted by Crippen LogP contribution is -2.35. The number of Topliss-reactive ketones (excluding diaryl/α,β-unsaturated/α-hetero) is 1. The molecule has 15 heavy (non-hydrogen) atoms. The fourth-order valence-corrected chi connectivity index (χ4v) is 3.83. The maximum absolute atomic E-state index is 11.7. The van der Waals surface area contributed by atoms with Crippen LogP contribution in [0.15, 0.2) is 12.7 Å². The van der Waals surface area contributed by atoms with Gasteiger partial charge in [-0.25, -0.2) is 8.42 Å². The van der Waals surface area contributed by atoms with E-state index in [0.29, 0.717) is 25.7 Å². The van der Waals surface area contributed by atoms with Crippen LogP contribution in [0.4, 0.5) is 0 Å². The Morgan fingerprint density at radius 3 is 2.73 bits per heavy atom. The molecule has 0 saturated carbocycles. The topological polar surface area (TPSA) is 51.2 Å². The van der Waals surface area contributed by atoms with E-state index in [9.17, 15) is 13.2 Å². The number of unbranched alkanes of at least 4 members (excludes halogenated alkanes) is 1. The fraction of sp³-hybridized carbons (Fsp3) is 0.727. The van der Waals surface area contributed by atoms with Gasteiger partial charge >= 0.3 is 0 Å². The molecule has 86 valence electrons. The molecule has 0 aromatic heterocycles. The highest BCUT2D eigenvalue weighted by atomic mass is 32.2. The van der Waals surface area contributed by atoms with Gasteiger partial charge in [-0.15, -0.1) is 6.58 Å². The van der Waals surface area contributed by atoms with E-state index in [1.54, 1.807) is 6.08 Å². The van der Waals surface area contributed by atoms with Gasteiger partial charge in [0.15, 0.2) is 15.6 Å². The number of rotatable bonds is 5. The molecule has 1 atom stereocenters. The molecule has 1 aliphatic rings. The van der Waals surface area contributed by atoms with E-state index in [0.717, 1.165) is 12.8 Å². The predicted octanol–water partition coefficient (Wildman–Crippen LogP) is 1.88. The summed E-state index contributed by atoms with van der Waals surface area (Å²) in [5.41, 5.74) is 0. The predicted molar refractivity (Wildman–Crippen MR) is 60.5 cm³/mol. The molecule has 0 aromatic carbocycles. The Hall–Kier alpha value is -0.640. The molecule has 1 unspecified atom stereocenters. The summed E-state index contributed by atoms with van der Waals surface area (Å²) in [5, 5.41) is -0.712. The van der Waals surface area contributed by atoms with Gasteiger partial charge in [0, 0.05) is 6.42 Å². The first-order chi connectivity index (χ1) is 7.08. The van der Waals surface area contributed by atoms with E-state index in [-0.39, 0.29) is 11.5 Å². The van der Waals surface area contributed by atoms with Gasteiger partial charge in [0.25, 0.3) is 0 Å². The zero-order valence-corrected chi connectivity index (χ0v) is 9.76. The molecule has 0 N–H and O–H groups in total. The third-order valence-corrected chi connectivity index (χ3v) is 4.99. The quantitative estimate of drug-likeness (QED) is 0.535. The number of hydrogen-bond donors (Lipinski definition) is 0. The molecule has 0 aliphatic carbocycles. The van der Waals surface area contributed by atoms with Gasteiger partial charge in [-0.1, -0.05) is 12.5 Å². The zero-order valence-electron chi connectivity index (χ0n) is 8.94. The Morgan fingerprint density at radius 2 is 2.13 bits per heavy atom. The molecule has 0 radical (unpaired) electrons. The maximum Gasteiger partial charge on any atom is 0.160 e. The van der Waals surface area contributed by atoms with Crippen molar-refractivity contribution in [1.82, 2.24) is 0 Å². The molecule has 0 bridgehead atoms. The lowest BCUT2D eigenvalue weighted by atomic mass is 10.1. The first-order valence-electron chi connectivity index (χ1n) is 5.43. The number of ketones is 1. The second kappa shape index (κ2) is 5.45. The molecule has 3 nitrogen and oxygen atoms in total. The van der Waals surface area contributed by atoms with Crippen LogP contribution in [0.5, 0.6) is 0 Å². The van der Waals surface area contributed by atoms with Crippen molar-refractivity contribution in [3.63, 3.8) is 0 Å². The van der Waals surface area contributed by atoms with Crippen molar-refractivity contribution in [2.75, 3.05) is 5.75 Å². The summed E-state index contributed by atoms with van der Waals surface area (Å²) >= 11 is 0. The van der Waals surface area contributed by atoms with Crippen molar-refractivity contribution < 1.29 is 13.2 Å². The highest BCUT2D eigenvalue weighted by Crippen LogP contribution is 2.21. The summed E-state index contributed by atoms with van der Waals surface area (Å²) in [5.74, 6) is 0.0850. The van der Waals surface area contributed by atoms with Gasteiger partial charge in [-0.2, -0.15) is 0 Å². The molecule has 1 saturated heterocycles. The van der Waals surface area contributed by atoms with Crippen molar-refractivity contribution >= 4 is 15.6 Å². The van der Waals surface area contributed by atoms with Gasteiger partial charge in [-0.3, -0.25) is 4.79 Å². The van der Waals surface area contributed by atoms with Crippen LogP contribution >= 0.6 is 0 Å². The van der Waals surface area contributed by atoms with Crippen LogP contribution in [-0.4, -0.2) is 25.2 Å². The summed E-state index contributed by atoms with van der Waals surface area (Å²) in [6, 6.07) is 0. The highest BCUT2D eigenvalue weighted by Gasteiger charge is 2.33. The van der Waals surface area contributed by atoms with Crippen molar-refractivity contribution in [1.29, 1.82) is 0 Å². The Labute approximate surface area is 91.5 Å². The molecule has 0 amide bonds. The van der Waals surface area contributed by atoms with Crippen LogP contribution < -0.4 is 0 Å². The summed E-state index contributed by atoms with van der Waals surface area (Å²) < 4.78 is 23.2. The molecule has 1 heterocycles. The average Bonchev–Trinajstić information content (AvgIpc) is 2.17. The van der Waals surface area contributed by atoms with E-state index >= 15 is 0 Å². The van der Waals surface area contributed by atoms with Crippen LogP contribution in [-0.2, 0) is 14.6 Å². The van der Waals surface area contributed by atoms with Gasteiger partial charge in [-0.05, 0) is 25.7 Å². The lowest BCUT2D eigenvalue weighted by Gasteiger charge is -2.20. The van der Waals surface area contributed by atoms with E-state index in [1.165, 1.54) is 0 Å². The molecule has 1 rings (SSSR count). The van der Waals surface area contributed by atoms with Crippen molar-refractivity contribution in [2.45, 2.75) is 43.8 Å². The first-order valence-corrected chi connectivity index (χ1v) is 7.14. The van der Waals surface area contributed by atoms with E-state index in [2.05, 4.69) is 6.58 Å². The lowest BCUT2D eigenvalue weighted by molar-refractivity contribution is -0.118. The van der Waals surface area contributed by atoms with Crippen LogP contribution in [0.2, 0.25) is 0 Å². The van der Waals surface area contributed by atoms with Crippen molar-refractivity contribution in [3.8, 4) is 0 Å². The molecule has 0 spiro atoms. The smallest absolute Gasteiger partial charge is 0.160 e. The second-order valence-electron chi connectivity index (χ2n) is 4.00. The van der Waals surface area contributed by atoms with Gasteiger partial charge < -0.3 is 0 Å². The Morgan fingerprint density at radius 1 is 1.40 bits per heavy atom. The summed E-state index contributed by atoms with van der Waals surface area (Å²) in [6.45, 7) is 3.57. The number of allylic oxidation sites excluding steroid dienone is 1. The van der Waals surface area contributed by atoms with Gasteiger partial charge in [0.2, 0.25) is 0 Å². The number of hydrogen-bond acceptors (Lipinski definition) is 3. The summed E-state index contributed by atoms with van der Waals surface area (Å²) in [4.78, 5) is 11.7. The van der Waals surface area contributed by atoms with Crippen molar-refractivity contribution in [3.05, 3.63) is 12.7 Å². The summed E-state index contributed by atoms with van der Waals surface area (Å²) in [7, 11) is -3.14. The fourth-order valence-electron chi connectivity index (χ4n) is 1.90. The third kappa shape index (κ3) is 3.45. The van der Waals surface area contributed by atoms with Crippen molar-refractivity contribution in [2.24, 2.45) is 0 Å². The van der Waals surface area contributed by atoms with Crippen LogP contribution in [0.3, 0.4) is 0 Å². The minimum Gasteiger partial charge on any atom is -0.298 e. The average molecular weight is 230 g/mol. The molecule has 0 aromatic rings. The minimum absolute atomic E-state index is 0.100. The maximum atomic E-state index is 11.7. The van der Waals surface area contributed by atoms with E-state index < -0.39 is 15.1 Å². The second-order valence-corrected chi connectivity index (χ2v) is 6.30. The van der Waals surface area contributed by atoms with Crippen LogP contribution in [0.25, 0.3) is 0 Å². The molecular formula is C11H18O3S. The number of sulfone groups is 1. The monoisotopic (exact) mass is 230 g/mol. The molecule has 4 heteroatoms. The minimum atomic E-state index is -3.14. The highest BCUT2D eigenvalue weighted by molar-refractivity contribution is 7.92. The molecule has 1 fully saturated rings. The zero-order chi connectivity index (χ0) is 11.3. The normalized spacial score (nSPS) is 24.7. The standard InChI is InChI=1S/C11H18O3S/c1-2-3-4-7-10(12)11-8-5-6-9-15(11,13)14/h2,11H,1,3-9H2. The largest absolute Gasteiger partial charge is 0.298 e. The SMILES string of the molecule is C=CCCCC(=O)C1CCCCS1(=O)=O. The molecular weight excluding hydrogens is 212 g/mol. The van der Waals surface area contributed by atoms with Gasteiger partial charge in [0.1, 0.15) is 5.25 Å². The van der Waals surface area contributed by atoms with Crippen LogP contribution in [0.1, 0.15) is 38.5 Å². The Balaban J connectivity index is 2.53. The number of carbonyl (C=O) groups excluding carboxylic acids is 1. The van der Waals surface area contributed by atoms with Gasteiger partial charge in [0.05, 0.1) is 5.75 Å². The molecule has 1 aliphatic heterocycles. The van der Waals surface area contributed by atoms with E-state index in [4.69, 9.17) is 0 Å². The summed E-state index contributed by atoms with van der Waals surface area (Å²) in [6.07, 6.45) is 5.70.